The predicted molar refractivity (Wildman–Crippen MR) is 98.3 cm³/mol. The average Bonchev–Trinajstić information content (AvgIpc) is 2.98. The molecule has 0 N–H and O–H groups in total. The second-order valence-corrected chi connectivity index (χ2v) is 7.00. The van der Waals surface area contributed by atoms with E-state index in [9.17, 15) is 9.59 Å². The molecule has 142 valence electrons. The summed E-state index contributed by atoms with van der Waals surface area (Å²) in [4.78, 5) is 27.1. The summed E-state index contributed by atoms with van der Waals surface area (Å²) in [5.74, 6) is 1.57. The summed E-state index contributed by atoms with van der Waals surface area (Å²) in [6.07, 6.45) is 4.81. The number of unbranched alkanes of at least 4 members (excludes halogenated alkanes) is 2. The van der Waals surface area contributed by atoms with Crippen molar-refractivity contribution in [2.24, 2.45) is 0 Å². The molecule has 0 unspecified atom stereocenters. The molecule has 2 amide bonds. The van der Waals surface area contributed by atoms with Gasteiger partial charge in [-0.15, -0.1) is 0 Å². The standard InChI is InChI=1S/C20H28N2O4/c1-25-17-12-15-8-11-21(14-16(15)13-18(17)26-2)9-4-3-5-10-22-19(23)6-7-20(22)24/h12-13H,3-11,14H2,1-2H3. The number of carbonyl (C=O) groups excluding carboxylic acids is 2. The molecule has 0 saturated carbocycles. The van der Waals surface area contributed by atoms with Crippen LogP contribution in [0.5, 0.6) is 11.5 Å². The van der Waals surface area contributed by atoms with E-state index < -0.39 is 0 Å². The van der Waals surface area contributed by atoms with Crippen LogP contribution >= 0.6 is 0 Å². The highest BCUT2D eigenvalue weighted by molar-refractivity contribution is 6.01. The summed E-state index contributed by atoms with van der Waals surface area (Å²) in [5.41, 5.74) is 2.65. The first-order valence-corrected chi connectivity index (χ1v) is 9.41. The van der Waals surface area contributed by atoms with Crippen LogP contribution in [-0.2, 0) is 22.6 Å². The SMILES string of the molecule is COc1cc2c(cc1OC)CN(CCCCCN1C(=O)CCC1=O)CC2. The molecule has 1 aromatic carbocycles. The van der Waals surface area contributed by atoms with Crippen molar-refractivity contribution < 1.29 is 19.1 Å². The van der Waals surface area contributed by atoms with Gasteiger partial charge in [0.15, 0.2) is 11.5 Å². The molecule has 0 aliphatic carbocycles. The second-order valence-electron chi connectivity index (χ2n) is 7.00. The van der Waals surface area contributed by atoms with Crippen LogP contribution in [0.1, 0.15) is 43.2 Å². The highest BCUT2D eigenvalue weighted by atomic mass is 16.5. The minimum Gasteiger partial charge on any atom is -0.493 e. The molecule has 6 heteroatoms. The Morgan fingerprint density at radius 2 is 1.46 bits per heavy atom. The number of amides is 2. The van der Waals surface area contributed by atoms with Crippen molar-refractivity contribution in [2.45, 2.75) is 45.1 Å². The van der Waals surface area contributed by atoms with Crippen LogP contribution < -0.4 is 9.47 Å². The van der Waals surface area contributed by atoms with Crippen LogP contribution in [-0.4, -0.2) is 55.5 Å². The van der Waals surface area contributed by atoms with Crippen LogP contribution in [0.4, 0.5) is 0 Å². The Morgan fingerprint density at radius 1 is 0.846 bits per heavy atom. The molecular formula is C20H28N2O4. The fourth-order valence-corrected chi connectivity index (χ4v) is 3.79. The zero-order chi connectivity index (χ0) is 18.5. The average molecular weight is 360 g/mol. The zero-order valence-electron chi connectivity index (χ0n) is 15.8. The van der Waals surface area contributed by atoms with Gasteiger partial charge in [0, 0.05) is 32.5 Å². The largest absolute Gasteiger partial charge is 0.493 e. The fraction of sp³-hybridized carbons (Fsp3) is 0.600. The van der Waals surface area contributed by atoms with Crippen LogP contribution in [0.3, 0.4) is 0 Å². The number of hydrogen-bond acceptors (Lipinski definition) is 5. The van der Waals surface area contributed by atoms with Crippen molar-refractivity contribution in [3.05, 3.63) is 23.3 Å². The monoisotopic (exact) mass is 360 g/mol. The minimum atomic E-state index is -0.00740. The minimum absolute atomic E-state index is 0.00740. The van der Waals surface area contributed by atoms with Gasteiger partial charge in [0.1, 0.15) is 0 Å². The number of likely N-dealkylation sites (tertiary alicyclic amines) is 1. The Bertz CT molecular complexity index is 658. The van der Waals surface area contributed by atoms with Crippen LogP contribution in [0.15, 0.2) is 12.1 Å². The lowest BCUT2D eigenvalue weighted by Crippen LogP contribution is -2.32. The lowest BCUT2D eigenvalue weighted by Gasteiger charge is -2.29. The third-order valence-corrected chi connectivity index (χ3v) is 5.31. The number of rotatable bonds is 8. The number of nitrogens with zero attached hydrogens (tertiary/aromatic N) is 2. The molecule has 1 aromatic rings. The van der Waals surface area contributed by atoms with E-state index in [0.717, 1.165) is 56.8 Å². The molecule has 0 spiro atoms. The normalized spacial score (nSPS) is 17.5. The first-order valence-electron chi connectivity index (χ1n) is 9.41. The maximum absolute atomic E-state index is 11.6. The van der Waals surface area contributed by atoms with Gasteiger partial charge in [-0.1, -0.05) is 6.42 Å². The van der Waals surface area contributed by atoms with Crippen LogP contribution in [0.2, 0.25) is 0 Å². The van der Waals surface area contributed by atoms with E-state index in [2.05, 4.69) is 17.0 Å². The third-order valence-electron chi connectivity index (χ3n) is 5.31. The van der Waals surface area contributed by atoms with Gasteiger partial charge in [0.2, 0.25) is 11.8 Å². The van der Waals surface area contributed by atoms with Gasteiger partial charge in [-0.05, 0) is 49.1 Å². The molecule has 0 bridgehead atoms. The molecule has 2 heterocycles. The van der Waals surface area contributed by atoms with E-state index in [0.29, 0.717) is 19.4 Å². The Hall–Kier alpha value is -2.08. The van der Waals surface area contributed by atoms with Crippen molar-refractivity contribution in [1.29, 1.82) is 0 Å². The molecule has 1 fully saturated rings. The van der Waals surface area contributed by atoms with Gasteiger partial charge < -0.3 is 9.47 Å². The molecule has 2 aliphatic heterocycles. The van der Waals surface area contributed by atoms with E-state index in [4.69, 9.17) is 9.47 Å². The van der Waals surface area contributed by atoms with E-state index in [1.54, 1.807) is 14.2 Å². The predicted octanol–water partition coefficient (Wildman–Crippen LogP) is 2.38. The van der Waals surface area contributed by atoms with Gasteiger partial charge >= 0.3 is 0 Å². The maximum Gasteiger partial charge on any atom is 0.229 e. The molecular weight excluding hydrogens is 332 g/mol. The molecule has 0 radical (unpaired) electrons. The van der Waals surface area contributed by atoms with E-state index in [1.165, 1.54) is 16.0 Å². The first-order chi connectivity index (χ1) is 12.6. The Morgan fingerprint density at radius 3 is 2.12 bits per heavy atom. The molecule has 6 nitrogen and oxygen atoms in total. The zero-order valence-corrected chi connectivity index (χ0v) is 15.8. The summed E-state index contributed by atoms with van der Waals surface area (Å²) in [5, 5.41) is 0. The Labute approximate surface area is 155 Å². The van der Waals surface area contributed by atoms with Crippen molar-refractivity contribution >= 4 is 11.8 Å². The summed E-state index contributed by atoms with van der Waals surface area (Å²) in [6, 6.07) is 4.18. The third kappa shape index (κ3) is 4.18. The summed E-state index contributed by atoms with van der Waals surface area (Å²) in [7, 11) is 3.34. The number of carbonyl (C=O) groups is 2. The lowest BCUT2D eigenvalue weighted by molar-refractivity contribution is -0.138. The van der Waals surface area contributed by atoms with Crippen molar-refractivity contribution in [3.8, 4) is 11.5 Å². The molecule has 0 atom stereocenters. The quantitative estimate of drug-likeness (QED) is 0.526. The molecule has 26 heavy (non-hydrogen) atoms. The van der Waals surface area contributed by atoms with Crippen molar-refractivity contribution in [3.63, 3.8) is 0 Å². The number of ether oxygens (including phenoxy) is 2. The van der Waals surface area contributed by atoms with Gasteiger partial charge in [-0.25, -0.2) is 0 Å². The van der Waals surface area contributed by atoms with E-state index >= 15 is 0 Å². The number of fused-ring (bicyclic) bond motifs is 1. The van der Waals surface area contributed by atoms with Gasteiger partial charge in [-0.3, -0.25) is 19.4 Å². The highest BCUT2D eigenvalue weighted by Crippen LogP contribution is 2.33. The van der Waals surface area contributed by atoms with Gasteiger partial charge in [-0.2, -0.15) is 0 Å². The summed E-state index contributed by atoms with van der Waals surface area (Å²) < 4.78 is 10.8. The molecule has 3 rings (SSSR count). The number of methoxy groups -OCH3 is 2. The van der Waals surface area contributed by atoms with Gasteiger partial charge in [0.25, 0.3) is 0 Å². The van der Waals surface area contributed by atoms with Crippen LogP contribution in [0.25, 0.3) is 0 Å². The Balaban J connectivity index is 1.43. The maximum atomic E-state index is 11.6. The topological polar surface area (TPSA) is 59.1 Å². The highest BCUT2D eigenvalue weighted by Gasteiger charge is 2.27. The fourth-order valence-electron chi connectivity index (χ4n) is 3.79. The summed E-state index contributed by atoms with van der Waals surface area (Å²) >= 11 is 0. The second kappa shape index (κ2) is 8.54. The summed E-state index contributed by atoms with van der Waals surface area (Å²) in [6.45, 7) is 3.59. The molecule has 2 aliphatic rings. The number of imide groups is 1. The van der Waals surface area contributed by atoms with Crippen LogP contribution in [0, 0.1) is 0 Å². The molecule has 0 aromatic heterocycles. The smallest absolute Gasteiger partial charge is 0.229 e. The van der Waals surface area contributed by atoms with Crippen molar-refractivity contribution in [1.82, 2.24) is 9.80 Å². The number of hydrogen-bond donors (Lipinski definition) is 0. The lowest BCUT2D eigenvalue weighted by atomic mass is 9.98. The first kappa shape index (κ1) is 18.7. The number of benzene rings is 1. The Kier molecular flexibility index (Phi) is 6.14. The van der Waals surface area contributed by atoms with Crippen molar-refractivity contribution in [2.75, 3.05) is 33.9 Å². The van der Waals surface area contributed by atoms with E-state index in [-0.39, 0.29) is 11.8 Å². The van der Waals surface area contributed by atoms with E-state index in [1.807, 2.05) is 0 Å². The van der Waals surface area contributed by atoms with Gasteiger partial charge in [0.05, 0.1) is 14.2 Å². The molecule has 1 saturated heterocycles.